The van der Waals surface area contributed by atoms with E-state index in [9.17, 15) is 14.7 Å². The van der Waals surface area contributed by atoms with E-state index < -0.39 is 17.7 Å². The van der Waals surface area contributed by atoms with Crippen molar-refractivity contribution in [3.05, 3.63) is 77.4 Å². The molecule has 2 aliphatic heterocycles. The summed E-state index contributed by atoms with van der Waals surface area (Å²) in [6.07, 6.45) is 0. The summed E-state index contributed by atoms with van der Waals surface area (Å²) >= 11 is 1.26. The molecule has 3 heterocycles. The van der Waals surface area contributed by atoms with Gasteiger partial charge in [-0.05, 0) is 54.1 Å². The molecule has 6 rings (SSSR count). The number of amides is 1. The summed E-state index contributed by atoms with van der Waals surface area (Å²) in [4.78, 5) is 33.0. The summed E-state index contributed by atoms with van der Waals surface area (Å²) in [6, 6.07) is 16.4. The number of carbonyl (C=O) groups is 2. The number of aromatic nitrogens is 1. The van der Waals surface area contributed by atoms with Gasteiger partial charge in [-0.15, -0.1) is 0 Å². The molecule has 0 aliphatic carbocycles. The van der Waals surface area contributed by atoms with Gasteiger partial charge in [0.1, 0.15) is 30.5 Å². The van der Waals surface area contributed by atoms with Crippen LogP contribution in [0.25, 0.3) is 16.0 Å². The van der Waals surface area contributed by atoms with Gasteiger partial charge in [-0.1, -0.05) is 23.5 Å². The zero-order chi connectivity index (χ0) is 26.4. The van der Waals surface area contributed by atoms with Crippen molar-refractivity contribution in [3.63, 3.8) is 0 Å². The third-order valence-corrected chi connectivity index (χ3v) is 7.50. The molecule has 10 heteroatoms. The first-order chi connectivity index (χ1) is 18.5. The number of anilines is 1. The molecule has 1 N–H and O–H groups in total. The number of aliphatic hydroxyl groups excluding tert-OH is 1. The van der Waals surface area contributed by atoms with E-state index in [0.29, 0.717) is 58.0 Å². The second-order valence-electron chi connectivity index (χ2n) is 8.63. The molecule has 0 unspecified atom stereocenters. The average molecular weight is 531 g/mol. The fourth-order valence-corrected chi connectivity index (χ4v) is 5.62. The van der Waals surface area contributed by atoms with Gasteiger partial charge in [-0.25, -0.2) is 4.98 Å². The first kappa shape index (κ1) is 23.8. The van der Waals surface area contributed by atoms with E-state index in [4.69, 9.17) is 18.9 Å². The van der Waals surface area contributed by atoms with E-state index in [1.165, 1.54) is 16.2 Å². The lowest BCUT2D eigenvalue weighted by Crippen LogP contribution is -2.29. The van der Waals surface area contributed by atoms with E-state index >= 15 is 0 Å². The quantitative estimate of drug-likeness (QED) is 0.225. The van der Waals surface area contributed by atoms with Crippen molar-refractivity contribution in [1.29, 1.82) is 0 Å². The molecule has 38 heavy (non-hydrogen) atoms. The molecule has 1 amide bonds. The van der Waals surface area contributed by atoms with E-state index in [1.807, 2.05) is 6.07 Å². The maximum absolute atomic E-state index is 13.5. The average Bonchev–Trinajstić information content (AvgIpc) is 3.49. The Hall–Kier alpha value is -4.57. The third kappa shape index (κ3) is 3.90. The van der Waals surface area contributed by atoms with Crippen LogP contribution in [0.3, 0.4) is 0 Å². The number of Topliss-reactive ketones (excluding diaryl/α,β-unsaturated/α-hetero) is 1. The number of hydrogen-bond donors (Lipinski definition) is 1. The van der Waals surface area contributed by atoms with E-state index in [0.717, 1.165) is 4.70 Å². The molecule has 0 spiro atoms. The monoisotopic (exact) mass is 530 g/mol. The highest BCUT2D eigenvalue weighted by Gasteiger charge is 2.48. The molecule has 0 bridgehead atoms. The molecule has 0 saturated carbocycles. The number of nitrogens with zero attached hydrogens (tertiary/aromatic N) is 2. The molecular formula is C28H22N2O7S. The lowest BCUT2D eigenvalue weighted by molar-refractivity contribution is -0.132. The summed E-state index contributed by atoms with van der Waals surface area (Å²) in [5.74, 6) is 0.364. The van der Waals surface area contributed by atoms with Crippen molar-refractivity contribution in [3.8, 4) is 23.0 Å². The molecule has 192 valence electrons. The number of hydrogen-bond acceptors (Lipinski definition) is 9. The van der Waals surface area contributed by atoms with Gasteiger partial charge in [-0.2, -0.15) is 0 Å². The van der Waals surface area contributed by atoms with Crippen LogP contribution in [0.2, 0.25) is 0 Å². The van der Waals surface area contributed by atoms with Crippen LogP contribution in [0.4, 0.5) is 5.13 Å². The highest BCUT2D eigenvalue weighted by molar-refractivity contribution is 7.22. The summed E-state index contributed by atoms with van der Waals surface area (Å²) < 4.78 is 22.6. The molecule has 2 aliphatic rings. The number of aliphatic hydroxyl groups is 1. The van der Waals surface area contributed by atoms with Gasteiger partial charge in [0.15, 0.2) is 16.6 Å². The standard InChI is InChI=1S/C28H22N2O7S/c1-34-17-6-3-15(4-7-17)24-23(25(31)16-5-10-20-21(13-16)37-12-11-36-20)26(32)27(33)30(24)28-29-19-9-8-18(35-2)14-22(19)38-28/h3-10,13-14,24,31H,11-12H2,1-2H3/t24-/m1/s1. The molecule has 9 nitrogen and oxygen atoms in total. The van der Waals surface area contributed by atoms with Gasteiger partial charge in [0, 0.05) is 5.56 Å². The Morgan fingerprint density at radius 2 is 1.66 bits per heavy atom. The smallest absolute Gasteiger partial charge is 0.301 e. The van der Waals surface area contributed by atoms with Crippen molar-refractivity contribution >= 4 is 44.1 Å². The van der Waals surface area contributed by atoms with Crippen molar-refractivity contribution in [2.24, 2.45) is 0 Å². The SMILES string of the molecule is COc1ccc([C@@H]2C(=C(O)c3ccc4c(c3)OCCO4)C(=O)C(=O)N2c2nc3ccc(OC)cc3s2)cc1. The lowest BCUT2D eigenvalue weighted by atomic mass is 9.95. The van der Waals surface area contributed by atoms with E-state index in [-0.39, 0.29) is 11.3 Å². The Morgan fingerprint density at radius 1 is 0.947 bits per heavy atom. The predicted molar refractivity (Wildman–Crippen MR) is 141 cm³/mol. The van der Waals surface area contributed by atoms with Crippen LogP contribution in [0.15, 0.2) is 66.2 Å². The number of carbonyl (C=O) groups excluding carboxylic acids is 2. The van der Waals surface area contributed by atoms with Crippen LogP contribution in [-0.2, 0) is 9.59 Å². The minimum absolute atomic E-state index is 0.0475. The van der Waals surface area contributed by atoms with Crippen LogP contribution < -0.4 is 23.8 Å². The fourth-order valence-electron chi connectivity index (χ4n) is 4.60. The maximum Gasteiger partial charge on any atom is 0.301 e. The molecule has 1 fully saturated rings. The Kier molecular flexibility index (Phi) is 5.88. The minimum Gasteiger partial charge on any atom is -0.507 e. The molecule has 0 radical (unpaired) electrons. The zero-order valence-electron chi connectivity index (χ0n) is 20.5. The highest BCUT2D eigenvalue weighted by Crippen LogP contribution is 2.45. The molecule has 1 saturated heterocycles. The van der Waals surface area contributed by atoms with Crippen LogP contribution in [0, 0.1) is 0 Å². The van der Waals surface area contributed by atoms with Crippen molar-refractivity contribution in [2.45, 2.75) is 6.04 Å². The molecular weight excluding hydrogens is 508 g/mol. The summed E-state index contributed by atoms with van der Waals surface area (Å²) in [5.41, 5.74) is 1.56. The van der Waals surface area contributed by atoms with Gasteiger partial charge < -0.3 is 24.1 Å². The number of benzene rings is 3. The van der Waals surface area contributed by atoms with Gasteiger partial charge in [0.2, 0.25) is 0 Å². The Morgan fingerprint density at radius 3 is 2.39 bits per heavy atom. The first-order valence-corrected chi connectivity index (χ1v) is 12.6. The Bertz CT molecular complexity index is 1610. The van der Waals surface area contributed by atoms with Gasteiger partial charge >= 0.3 is 5.91 Å². The molecule has 1 atom stereocenters. The number of thiazole rings is 1. The topological polar surface area (TPSA) is 107 Å². The van der Waals surface area contributed by atoms with Crippen LogP contribution in [-0.4, -0.2) is 49.2 Å². The fraction of sp³-hybridized carbons (Fsp3) is 0.179. The molecule has 1 aromatic heterocycles. The number of rotatable bonds is 5. The van der Waals surface area contributed by atoms with E-state index in [1.54, 1.807) is 68.8 Å². The Labute approximate surface area is 221 Å². The number of ether oxygens (including phenoxy) is 4. The zero-order valence-corrected chi connectivity index (χ0v) is 21.3. The summed E-state index contributed by atoms with van der Waals surface area (Å²) in [5, 5.41) is 11.8. The third-order valence-electron chi connectivity index (χ3n) is 6.48. The van der Waals surface area contributed by atoms with Gasteiger partial charge in [0.05, 0.1) is 36.1 Å². The van der Waals surface area contributed by atoms with Crippen molar-refractivity contribution in [1.82, 2.24) is 4.98 Å². The minimum atomic E-state index is -0.920. The van der Waals surface area contributed by atoms with E-state index in [2.05, 4.69) is 4.98 Å². The summed E-state index contributed by atoms with van der Waals surface area (Å²) in [7, 11) is 3.13. The first-order valence-electron chi connectivity index (χ1n) is 11.8. The predicted octanol–water partition coefficient (Wildman–Crippen LogP) is 4.71. The summed E-state index contributed by atoms with van der Waals surface area (Å²) in [6.45, 7) is 0.796. The number of fused-ring (bicyclic) bond motifs is 2. The van der Waals surface area contributed by atoms with Crippen LogP contribution in [0.5, 0.6) is 23.0 Å². The largest absolute Gasteiger partial charge is 0.507 e. The van der Waals surface area contributed by atoms with Crippen molar-refractivity contribution < 1.29 is 33.6 Å². The van der Waals surface area contributed by atoms with Crippen molar-refractivity contribution in [2.75, 3.05) is 32.3 Å². The van der Waals surface area contributed by atoms with Crippen LogP contribution >= 0.6 is 11.3 Å². The lowest BCUT2D eigenvalue weighted by Gasteiger charge is -2.23. The highest BCUT2D eigenvalue weighted by atomic mass is 32.1. The van der Waals surface area contributed by atoms with Crippen LogP contribution in [0.1, 0.15) is 17.2 Å². The Balaban J connectivity index is 1.52. The van der Waals surface area contributed by atoms with Gasteiger partial charge in [0.25, 0.3) is 5.78 Å². The second kappa shape index (κ2) is 9.38. The maximum atomic E-state index is 13.5. The molecule has 4 aromatic rings. The second-order valence-corrected chi connectivity index (χ2v) is 9.64. The number of methoxy groups -OCH3 is 2. The normalized spacial score (nSPS) is 18.2. The molecule has 3 aromatic carbocycles. The van der Waals surface area contributed by atoms with Gasteiger partial charge in [-0.3, -0.25) is 14.5 Å². The number of ketones is 1.